The molecule has 1 aliphatic heterocycles. The number of nitrogens with two attached hydrogens (primary N) is 1. The van der Waals surface area contributed by atoms with Crippen molar-refractivity contribution in [1.29, 1.82) is 0 Å². The van der Waals surface area contributed by atoms with Crippen molar-refractivity contribution in [3.63, 3.8) is 0 Å². The zero-order valence-electron chi connectivity index (χ0n) is 12.5. The SMILES string of the molecule is CC(C)OC(=O)CN1CC(C)(C)Oc2cc(N)ccc21. The first-order chi connectivity index (χ1) is 9.27. The monoisotopic (exact) mass is 278 g/mol. The van der Waals surface area contributed by atoms with Gasteiger partial charge in [-0.15, -0.1) is 0 Å². The number of nitrogen functional groups attached to an aromatic ring is 1. The molecule has 0 aliphatic carbocycles. The molecule has 0 radical (unpaired) electrons. The topological polar surface area (TPSA) is 64.8 Å². The summed E-state index contributed by atoms with van der Waals surface area (Å²) in [5, 5.41) is 0. The van der Waals surface area contributed by atoms with Crippen LogP contribution in [0.25, 0.3) is 0 Å². The molecule has 5 nitrogen and oxygen atoms in total. The van der Waals surface area contributed by atoms with E-state index in [0.717, 1.165) is 5.69 Å². The molecule has 20 heavy (non-hydrogen) atoms. The van der Waals surface area contributed by atoms with E-state index in [2.05, 4.69) is 0 Å². The van der Waals surface area contributed by atoms with E-state index < -0.39 is 0 Å². The number of rotatable bonds is 3. The Morgan fingerprint density at radius 3 is 2.85 bits per heavy atom. The van der Waals surface area contributed by atoms with Crippen LogP contribution < -0.4 is 15.4 Å². The van der Waals surface area contributed by atoms with E-state index in [-0.39, 0.29) is 24.2 Å². The molecule has 0 fully saturated rings. The lowest BCUT2D eigenvalue weighted by Gasteiger charge is -2.40. The summed E-state index contributed by atoms with van der Waals surface area (Å²) in [5.41, 5.74) is 6.94. The van der Waals surface area contributed by atoms with Gasteiger partial charge in [0.2, 0.25) is 0 Å². The van der Waals surface area contributed by atoms with Crippen molar-refractivity contribution < 1.29 is 14.3 Å². The molecule has 0 bridgehead atoms. The molecule has 0 spiro atoms. The Balaban J connectivity index is 2.23. The van der Waals surface area contributed by atoms with Crippen LogP contribution in [0.2, 0.25) is 0 Å². The Kier molecular flexibility index (Phi) is 3.79. The fraction of sp³-hybridized carbons (Fsp3) is 0.533. The van der Waals surface area contributed by atoms with E-state index in [1.54, 1.807) is 12.1 Å². The summed E-state index contributed by atoms with van der Waals surface area (Å²) in [6.45, 7) is 8.49. The van der Waals surface area contributed by atoms with Crippen molar-refractivity contribution in [3.05, 3.63) is 18.2 Å². The summed E-state index contributed by atoms with van der Waals surface area (Å²) in [6, 6.07) is 5.47. The summed E-state index contributed by atoms with van der Waals surface area (Å²) in [6.07, 6.45) is -0.109. The maximum absolute atomic E-state index is 11.9. The van der Waals surface area contributed by atoms with Crippen molar-refractivity contribution in [1.82, 2.24) is 0 Å². The van der Waals surface area contributed by atoms with E-state index in [1.807, 2.05) is 38.7 Å². The van der Waals surface area contributed by atoms with Crippen molar-refractivity contribution in [3.8, 4) is 5.75 Å². The zero-order chi connectivity index (χ0) is 14.9. The largest absolute Gasteiger partial charge is 0.484 e. The van der Waals surface area contributed by atoms with Gasteiger partial charge in [-0.2, -0.15) is 0 Å². The molecule has 2 rings (SSSR count). The maximum Gasteiger partial charge on any atom is 0.325 e. The average Bonchev–Trinajstić information content (AvgIpc) is 2.24. The summed E-state index contributed by atoms with van der Waals surface area (Å²) >= 11 is 0. The van der Waals surface area contributed by atoms with Gasteiger partial charge < -0.3 is 20.1 Å². The van der Waals surface area contributed by atoms with Crippen molar-refractivity contribution in [2.45, 2.75) is 39.4 Å². The summed E-state index contributed by atoms with van der Waals surface area (Å²) in [7, 11) is 0. The molecule has 1 aliphatic rings. The molecule has 110 valence electrons. The quantitative estimate of drug-likeness (QED) is 0.678. The number of hydrogen-bond acceptors (Lipinski definition) is 5. The molecule has 2 N–H and O–H groups in total. The minimum atomic E-state index is -0.376. The minimum Gasteiger partial charge on any atom is -0.484 e. The zero-order valence-corrected chi connectivity index (χ0v) is 12.5. The van der Waals surface area contributed by atoms with Gasteiger partial charge in [-0.1, -0.05) is 0 Å². The van der Waals surface area contributed by atoms with Gasteiger partial charge in [0.05, 0.1) is 18.3 Å². The van der Waals surface area contributed by atoms with Crippen LogP contribution in [0.1, 0.15) is 27.7 Å². The molecule has 0 saturated carbocycles. The number of nitrogens with zero attached hydrogens (tertiary/aromatic N) is 1. The van der Waals surface area contributed by atoms with Gasteiger partial charge in [0.25, 0.3) is 0 Å². The molecule has 0 saturated heterocycles. The van der Waals surface area contributed by atoms with E-state index >= 15 is 0 Å². The highest BCUT2D eigenvalue weighted by atomic mass is 16.5. The number of esters is 1. The fourth-order valence-corrected chi connectivity index (χ4v) is 2.35. The summed E-state index contributed by atoms with van der Waals surface area (Å²) in [4.78, 5) is 13.9. The Morgan fingerprint density at radius 1 is 1.50 bits per heavy atom. The van der Waals surface area contributed by atoms with Crippen LogP contribution in [0, 0.1) is 0 Å². The number of ether oxygens (including phenoxy) is 2. The standard InChI is InChI=1S/C15H22N2O3/c1-10(2)19-14(18)8-17-9-15(3,4)20-13-7-11(16)5-6-12(13)17/h5-7,10H,8-9,16H2,1-4H3. The van der Waals surface area contributed by atoms with E-state index in [1.165, 1.54) is 0 Å². The molecule has 1 aromatic rings. The van der Waals surface area contributed by atoms with E-state index in [4.69, 9.17) is 15.2 Å². The first-order valence-electron chi connectivity index (χ1n) is 6.80. The second-order valence-electron chi connectivity index (χ2n) is 5.98. The average molecular weight is 278 g/mol. The van der Waals surface area contributed by atoms with Crippen LogP contribution in [-0.4, -0.2) is 30.8 Å². The lowest BCUT2D eigenvalue weighted by molar-refractivity contribution is -0.145. The third-order valence-corrected chi connectivity index (χ3v) is 2.97. The lowest BCUT2D eigenvalue weighted by Crippen LogP contribution is -2.48. The van der Waals surface area contributed by atoms with Gasteiger partial charge in [-0.25, -0.2) is 0 Å². The van der Waals surface area contributed by atoms with Gasteiger partial charge in [0, 0.05) is 11.8 Å². The Hall–Kier alpha value is -1.91. The first-order valence-corrected chi connectivity index (χ1v) is 6.80. The highest BCUT2D eigenvalue weighted by Gasteiger charge is 2.33. The molecular formula is C15H22N2O3. The molecule has 0 aromatic heterocycles. The van der Waals surface area contributed by atoms with Crippen LogP contribution in [0.3, 0.4) is 0 Å². The molecule has 0 unspecified atom stereocenters. The van der Waals surface area contributed by atoms with Crippen LogP contribution >= 0.6 is 0 Å². The lowest BCUT2D eigenvalue weighted by atomic mass is 10.0. The number of carbonyl (C=O) groups is 1. The number of anilines is 2. The third-order valence-electron chi connectivity index (χ3n) is 2.97. The Bertz CT molecular complexity index is 512. The normalized spacial score (nSPS) is 16.6. The molecule has 1 aromatic carbocycles. The highest BCUT2D eigenvalue weighted by molar-refractivity contribution is 5.78. The minimum absolute atomic E-state index is 0.109. The fourth-order valence-electron chi connectivity index (χ4n) is 2.35. The van der Waals surface area contributed by atoms with Gasteiger partial charge in [0.15, 0.2) is 0 Å². The molecular weight excluding hydrogens is 256 g/mol. The van der Waals surface area contributed by atoms with Crippen LogP contribution in [0.15, 0.2) is 18.2 Å². The first kappa shape index (κ1) is 14.5. The van der Waals surface area contributed by atoms with Gasteiger partial charge >= 0.3 is 5.97 Å². The number of benzene rings is 1. The number of carbonyl (C=O) groups excluding carboxylic acids is 1. The van der Waals surface area contributed by atoms with Gasteiger partial charge in [-0.05, 0) is 39.8 Å². The number of hydrogen-bond donors (Lipinski definition) is 1. The van der Waals surface area contributed by atoms with Crippen molar-refractivity contribution >= 4 is 17.3 Å². The summed E-state index contributed by atoms with van der Waals surface area (Å²) < 4.78 is 11.1. The number of fused-ring (bicyclic) bond motifs is 1. The third kappa shape index (κ3) is 3.35. The van der Waals surface area contributed by atoms with Crippen molar-refractivity contribution in [2.75, 3.05) is 23.7 Å². The predicted molar refractivity (Wildman–Crippen MR) is 79.0 cm³/mol. The Morgan fingerprint density at radius 2 is 2.20 bits per heavy atom. The van der Waals surface area contributed by atoms with Crippen molar-refractivity contribution in [2.24, 2.45) is 0 Å². The smallest absolute Gasteiger partial charge is 0.325 e. The van der Waals surface area contributed by atoms with Crippen LogP contribution in [-0.2, 0) is 9.53 Å². The molecule has 5 heteroatoms. The van der Waals surface area contributed by atoms with E-state index in [0.29, 0.717) is 18.0 Å². The molecule has 0 amide bonds. The predicted octanol–water partition coefficient (Wildman–Crippen LogP) is 2.20. The van der Waals surface area contributed by atoms with E-state index in [9.17, 15) is 4.79 Å². The van der Waals surface area contributed by atoms with Crippen LogP contribution in [0.5, 0.6) is 5.75 Å². The second-order valence-corrected chi connectivity index (χ2v) is 5.98. The second kappa shape index (κ2) is 5.23. The van der Waals surface area contributed by atoms with Gasteiger partial charge in [-0.3, -0.25) is 4.79 Å². The summed E-state index contributed by atoms with van der Waals surface area (Å²) in [5.74, 6) is 0.471. The molecule has 0 atom stereocenters. The highest BCUT2D eigenvalue weighted by Crippen LogP contribution is 2.38. The maximum atomic E-state index is 11.9. The molecule has 1 heterocycles. The van der Waals surface area contributed by atoms with Gasteiger partial charge in [0.1, 0.15) is 17.9 Å². The van der Waals surface area contributed by atoms with Crippen LogP contribution in [0.4, 0.5) is 11.4 Å². The Labute approximate surface area is 119 Å².